The summed E-state index contributed by atoms with van der Waals surface area (Å²) in [5, 5.41) is 25.3. The van der Waals surface area contributed by atoms with Gasteiger partial charge in [0.25, 0.3) is 0 Å². The van der Waals surface area contributed by atoms with Crippen molar-refractivity contribution in [3.8, 4) is 0 Å². The predicted molar refractivity (Wildman–Crippen MR) is 67.9 cm³/mol. The largest absolute Gasteiger partial charge is 0.476 e. The molecule has 0 radical (unpaired) electrons. The number of rotatable bonds is 7. The van der Waals surface area contributed by atoms with E-state index in [4.69, 9.17) is 10.2 Å². The lowest BCUT2D eigenvalue weighted by Gasteiger charge is -2.27. The van der Waals surface area contributed by atoms with Crippen LogP contribution in [0.2, 0.25) is 0 Å². The van der Waals surface area contributed by atoms with Gasteiger partial charge < -0.3 is 10.2 Å². The Bertz CT molecular complexity index is 415. The Morgan fingerprint density at radius 1 is 1.42 bits per heavy atom. The number of carboxylic acid groups (broad SMARTS) is 1. The van der Waals surface area contributed by atoms with Crippen molar-refractivity contribution >= 4 is 5.97 Å². The fourth-order valence-corrected chi connectivity index (χ4v) is 2.61. The maximum Gasteiger partial charge on any atom is 0.358 e. The number of aliphatic hydroxyl groups excluding tert-OH is 1. The highest BCUT2D eigenvalue weighted by Gasteiger charge is 2.22. The summed E-state index contributed by atoms with van der Waals surface area (Å²) in [6.45, 7) is 2.16. The Kier molecular flexibility index (Phi) is 4.86. The fraction of sp³-hybridized carbons (Fsp3) is 0.750. The molecule has 1 heterocycles. The average molecular weight is 268 g/mol. The third kappa shape index (κ3) is 3.74. The minimum absolute atomic E-state index is 0.0328. The van der Waals surface area contributed by atoms with Crippen LogP contribution in [0.4, 0.5) is 0 Å². The molecular formula is C12H20N4O3. The van der Waals surface area contributed by atoms with Crippen molar-refractivity contribution in [3.05, 3.63) is 11.9 Å². The molecular weight excluding hydrogens is 248 g/mol. The molecule has 1 aliphatic rings. The highest BCUT2D eigenvalue weighted by Crippen LogP contribution is 2.23. The van der Waals surface area contributed by atoms with E-state index in [2.05, 4.69) is 15.2 Å². The summed E-state index contributed by atoms with van der Waals surface area (Å²) in [5.74, 6) is -1.06. The van der Waals surface area contributed by atoms with E-state index in [-0.39, 0.29) is 12.3 Å². The summed E-state index contributed by atoms with van der Waals surface area (Å²) in [7, 11) is 0. The molecule has 0 aromatic carbocycles. The molecule has 19 heavy (non-hydrogen) atoms. The number of aliphatic hydroxyl groups is 1. The standard InChI is InChI=1S/C12H20N4O3/c17-8-7-15(10-3-1-2-4-10)5-6-16-9-11(12(18)19)13-14-16/h9-10,17H,1-8H2,(H,18,19). The lowest BCUT2D eigenvalue weighted by molar-refractivity contribution is 0.0690. The molecule has 0 unspecified atom stereocenters. The lowest BCUT2D eigenvalue weighted by Crippen LogP contribution is -2.38. The first kappa shape index (κ1) is 14.0. The molecule has 0 aliphatic heterocycles. The van der Waals surface area contributed by atoms with E-state index < -0.39 is 5.97 Å². The van der Waals surface area contributed by atoms with Crippen LogP contribution < -0.4 is 0 Å². The van der Waals surface area contributed by atoms with Crippen molar-refractivity contribution in [1.82, 2.24) is 19.9 Å². The molecule has 2 rings (SSSR count). The first-order valence-electron chi connectivity index (χ1n) is 6.69. The second kappa shape index (κ2) is 6.63. The van der Waals surface area contributed by atoms with Crippen LogP contribution in [0.3, 0.4) is 0 Å². The lowest BCUT2D eigenvalue weighted by atomic mass is 10.2. The Morgan fingerprint density at radius 3 is 2.74 bits per heavy atom. The van der Waals surface area contributed by atoms with Gasteiger partial charge in [0, 0.05) is 19.1 Å². The summed E-state index contributed by atoms with van der Waals surface area (Å²) in [4.78, 5) is 13.0. The van der Waals surface area contributed by atoms with Crippen molar-refractivity contribution in [1.29, 1.82) is 0 Å². The van der Waals surface area contributed by atoms with Crippen molar-refractivity contribution < 1.29 is 15.0 Å². The maximum absolute atomic E-state index is 10.7. The van der Waals surface area contributed by atoms with Gasteiger partial charge in [0.05, 0.1) is 19.3 Å². The zero-order chi connectivity index (χ0) is 13.7. The Balaban J connectivity index is 1.88. The van der Waals surface area contributed by atoms with E-state index in [1.807, 2.05) is 0 Å². The van der Waals surface area contributed by atoms with Gasteiger partial charge in [-0.1, -0.05) is 18.1 Å². The SMILES string of the molecule is O=C(O)c1cn(CCN(CCO)C2CCCC2)nn1. The molecule has 7 heteroatoms. The minimum Gasteiger partial charge on any atom is -0.476 e. The average Bonchev–Trinajstić information content (AvgIpc) is 3.05. The van der Waals surface area contributed by atoms with Gasteiger partial charge in [-0.2, -0.15) is 0 Å². The van der Waals surface area contributed by atoms with E-state index >= 15 is 0 Å². The number of nitrogens with zero attached hydrogens (tertiary/aromatic N) is 4. The first-order valence-corrected chi connectivity index (χ1v) is 6.69. The number of carbonyl (C=O) groups is 1. The number of aromatic nitrogens is 3. The van der Waals surface area contributed by atoms with Crippen LogP contribution >= 0.6 is 0 Å². The third-order valence-electron chi connectivity index (χ3n) is 3.60. The van der Waals surface area contributed by atoms with Gasteiger partial charge in [-0.25, -0.2) is 4.79 Å². The molecule has 1 aliphatic carbocycles. The maximum atomic E-state index is 10.7. The van der Waals surface area contributed by atoms with Crippen molar-refractivity contribution in [2.45, 2.75) is 38.3 Å². The Morgan fingerprint density at radius 2 is 2.16 bits per heavy atom. The van der Waals surface area contributed by atoms with Crippen LogP contribution in [0.25, 0.3) is 0 Å². The van der Waals surface area contributed by atoms with Crippen molar-refractivity contribution in [3.63, 3.8) is 0 Å². The van der Waals surface area contributed by atoms with Crippen molar-refractivity contribution in [2.75, 3.05) is 19.7 Å². The fourth-order valence-electron chi connectivity index (χ4n) is 2.61. The number of hydrogen-bond acceptors (Lipinski definition) is 5. The quantitative estimate of drug-likeness (QED) is 0.734. The van der Waals surface area contributed by atoms with E-state index in [1.54, 1.807) is 4.68 Å². The zero-order valence-corrected chi connectivity index (χ0v) is 10.9. The number of hydrogen-bond donors (Lipinski definition) is 2. The third-order valence-corrected chi connectivity index (χ3v) is 3.60. The molecule has 1 aromatic rings. The summed E-state index contributed by atoms with van der Waals surface area (Å²) >= 11 is 0. The van der Waals surface area contributed by atoms with Crippen molar-refractivity contribution in [2.24, 2.45) is 0 Å². The van der Waals surface area contributed by atoms with Crippen LogP contribution in [0.5, 0.6) is 0 Å². The van der Waals surface area contributed by atoms with Crippen LogP contribution in [-0.2, 0) is 6.54 Å². The Hall–Kier alpha value is -1.47. The molecule has 1 fully saturated rings. The summed E-state index contributed by atoms with van der Waals surface area (Å²) < 4.78 is 1.54. The summed E-state index contributed by atoms with van der Waals surface area (Å²) in [6.07, 6.45) is 6.29. The predicted octanol–water partition coefficient (Wildman–Crippen LogP) is 0.213. The van der Waals surface area contributed by atoms with E-state index in [9.17, 15) is 4.79 Å². The van der Waals surface area contributed by atoms with Gasteiger partial charge >= 0.3 is 5.97 Å². The molecule has 1 saturated carbocycles. The van der Waals surface area contributed by atoms with Crippen LogP contribution in [0.1, 0.15) is 36.2 Å². The molecule has 1 aromatic heterocycles. The monoisotopic (exact) mass is 268 g/mol. The Labute approximate surface area is 111 Å². The van der Waals surface area contributed by atoms with E-state index in [0.717, 1.165) is 6.54 Å². The topological polar surface area (TPSA) is 91.5 Å². The highest BCUT2D eigenvalue weighted by atomic mass is 16.4. The second-order valence-corrected chi connectivity index (χ2v) is 4.87. The molecule has 106 valence electrons. The molecule has 0 bridgehead atoms. The van der Waals surface area contributed by atoms with Gasteiger partial charge in [0.15, 0.2) is 5.69 Å². The minimum atomic E-state index is -1.06. The summed E-state index contributed by atoms with van der Waals surface area (Å²) in [5.41, 5.74) is -0.0328. The molecule has 2 N–H and O–H groups in total. The van der Waals surface area contributed by atoms with E-state index in [1.165, 1.54) is 31.9 Å². The van der Waals surface area contributed by atoms with Crippen LogP contribution in [0, 0.1) is 0 Å². The number of carboxylic acids is 1. The van der Waals surface area contributed by atoms with Gasteiger partial charge in [-0.15, -0.1) is 5.10 Å². The van der Waals surface area contributed by atoms with Gasteiger partial charge in [-0.05, 0) is 12.8 Å². The molecule has 0 spiro atoms. The molecule has 7 nitrogen and oxygen atoms in total. The smallest absolute Gasteiger partial charge is 0.358 e. The second-order valence-electron chi connectivity index (χ2n) is 4.87. The highest BCUT2D eigenvalue weighted by molar-refractivity contribution is 5.84. The normalized spacial score (nSPS) is 16.3. The molecule has 0 atom stereocenters. The van der Waals surface area contributed by atoms with Gasteiger partial charge in [-0.3, -0.25) is 9.58 Å². The first-order chi connectivity index (χ1) is 9.20. The summed E-state index contributed by atoms with van der Waals surface area (Å²) in [6, 6.07) is 0.537. The van der Waals surface area contributed by atoms with Gasteiger partial charge in [0.1, 0.15) is 0 Å². The van der Waals surface area contributed by atoms with Crippen LogP contribution in [-0.4, -0.2) is 61.8 Å². The molecule has 0 saturated heterocycles. The molecule has 0 amide bonds. The van der Waals surface area contributed by atoms with E-state index in [0.29, 0.717) is 19.1 Å². The van der Waals surface area contributed by atoms with Crippen LogP contribution in [0.15, 0.2) is 6.20 Å². The number of aromatic carboxylic acids is 1. The van der Waals surface area contributed by atoms with Gasteiger partial charge in [0.2, 0.25) is 0 Å². The zero-order valence-electron chi connectivity index (χ0n) is 10.9.